The molecule has 0 aliphatic carbocycles. The summed E-state index contributed by atoms with van der Waals surface area (Å²) in [6.07, 6.45) is 2.16. The van der Waals surface area contributed by atoms with Crippen molar-refractivity contribution in [3.8, 4) is 0 Å². The second-order valence-electron chi connectivity index (χ2n) is 1.55. The van der Waals surface area contributed by atoms with Gasteiger partial charge in [0, 0.05) is 11.1 Å². The first-order valence-corrected chi connectivity index (χ1v) is 7.87. The molecule has 1 aliphatic heterocycles. The Morgan fingerprint density at radius 2 is 2.36 bits per heavy atom. The molecule has 0 fully saturated rings. The maximum absolute atomic E-state index is 4.77. The summed E-state index contributed by atoms with van der Waals surface area (Å²) in [6, 6.07) is 1.94. The Balaban J connectivity index is 0.000000112. The first-order valence-electron chi connectivity index (χ1n) is 2.87. The molecule has 60 valence electrons. The molecular formula is C6H6S5. The number of hydrogen-bond donors (Lipinski definition) is 0. The fraction of sp³-hybridized carbons (Fsp3) is 0.167. The van der Waals surface area contributed by atoms with E-state index in [1.165, 1.54) is 5.75 Å². The summed E-state index contributed by atoms with van der Waals surface area (Å²) >= 11 is 4.77. The molecule has 0 N–H and O–H groups in total. The molecule has 1 aliphatic rings. The molecule has 0 saturated carbocycles. The van der Waals surface area contributed by atoms with E-state index in [1.807, 2.05) is 33.0 Å². The normalized spacial score (nSPS) is 14.2. The van der Waals surface area contributed by atoms with Crippen LogP contribution in [0.3, 0.4) is 0 Å². The van der Waals surface area contributed by atoms with Crippen LogP contribution in [0.1, 0.15) is 0 Å². The van der Waals surface area contributed by atoms with Crippen LogP contribution in [0.15, 0.2) is 22.9 Å². The van der Waals surface area contributed by atoms with Gasteiger partial charge in [-0.05, 0) is 11.5 Å². The lowest BCUT2D eigenvalue weighted by atomic mass is 10.8. The van der Waals surface area contributed by atoms with Crippen molar-refractivity contribution in [1.82, 2.24) is 0 Å². The lowest BCUT2D eigenvalue weighted by Crippen LogP contribution is -1.46. The summed E-state index contributed by atoms with van der Waals surface area (Å²) in [6.45, 7) is 0. The van der Waals surface area contributed by atoms with E-state index < -0.39 is 0 Å². The summed E-state index contributed by atoms with van der Waals surface area (Å²) in [5.41, 5.74) is 0. The van der Waals surface area contributed by atoms with Crippen LogP contribution >= 0.6 is 54.5 Å². The van der Waals surface area contributed by atoms with Crippen LogP contribution in [0.2, 0.25) is 0 Å². The fourth-order valence-electron chi connectivity index (χ4n) is 0.383. The minimum absolute atomic E-state index is 0.986. The van der Waals surface area contributed by atoms with Crippen LogP contribution in [0, 0.1) is 3.82 Å². The second kappa shape index (κ2) is 6.25. The molecule has 0 radical (unpaired) electrons. The highest BCUT2D eigenvalue weighted by atomic mass is 33.1. The molecule has 0 atom stereocenters. The van der Waals surface area contributed by atoms with Crippen molar-refractivity contribution >= 4 is 54.5 Å². The quantitative estimate of drug-likeness (QED) is 0.484. The molecule has 0 bridgehead atoms. The Kier molecular flexibility index (Phi) is 5.57. The standard InChI is InChI=1S/C3H2S3.C3H4S2/c4-3-1-2-5-6-3;1-2-4-5-3-1/h1-2H;1-2H,3H2. The topological polar surface area (TPSA) is 0 Å². The highest BCUT2D eigenvalue weighted by Crippen LogP contribution is 2.27. The van der Waals surface area contributed by atoms with Gasteiger partial charge >= 0.3 is 0 Å². The molecule has 0 spiro atoms. The number of rotatable bonds is 0. The summed E-state index contributed by atoms with van der Waals surface area (Å²) in [7, 11) is 7.00. The summed E-state index contributed by atoms with van der Waals surface area (Å²) < 4.78 is 0.986. The lowest BCUT2D eigenvalue weighted by Gasteiger charge is -1.69. The molecule has 2 rings (SSSR count). The van der Waals surface area contributed by atoms with Gasteiger partial charge in [0.1, 0.15) is 3.82 Å². The monoisotopic (exact) mass is 238 g/mol. The Morgan fingerprint density at radius 3 is 2.55 bits per heavy atom. The van der Waals surface area contributed by atoms with Crippen LogP contribution < -0.4 is 0 Å². The molecular weight excluding hydrogens is 232 g/mol. The summed E-state index contributed by atoms with van der Waals surface area (Å²) in [4.78, 5) is 0. The third-order valence-corrected chi connectivity index (χ3v) is 5.20. The Morgan fingerprint density at radius 1 is 1.45 bits per heavy atom. The van der Waals surface area contributed by atoms with Crippen molar-refractivity contribution in [2.45, 2.75) is 0 Å². The Hall–Kier alpha value is 0.710. The van der Waals surface area contributed by atoms with E-state index in [1.54, 1.807) is 20.7 Å². The van der Waals surface area contributed by atoms with E-state index in [9.17, 15) is 0 Å². The molecule has 0 aromatic carbocycles. The van der Waals surface area contributed by atoms with Crippen LogP contribution in [-0.4, -0.2) is 5.75 Å². The van der Waals surface area contributed by atoms with E-state index in [0.29, 0.717) is 0 Å². The minimum atomic E-state index is 0.986. The highest BCUT2D eigenvalue weighted by Gasteiger charge is 1.85. The van der Waals surface area contributed by atoms with Crippen LogP contribution in [0.25, 0.3) is 0 Å². The Labute approximate surface area is 86.5 Å². The van der Waals surface area contributed by atoms with Crippen LogP contribution in [0.4, 0.5) is 0 Å². The zero-order valence-electron chi connectivity index (χ0n) is 5.56. The van der Waals surface area contributed by atoms with Gasteiger partial charge in [0.15, 0.2) is 0 Å². The minimum Gasteiger partial charge on any atom is -0.0872 e. The van der Waals surface area contributed by atoms with Crippen molar-refractivity contribution in [2.24, 2.45) is 0 Å². The second-order valence-corrected chi connectivity index (χ2v) is 6.72. The average Bonchev–Trinajstić information content (AvgIpc) is 2.57. The highest BCUT2D eigenvalue weighted by molar-refractivity contribution is 8.78. The molecule has 0 saturated heterocycles. The molecule has 11 heavy (non-hydrogen) atoms. The van der Waals surface area contributed by atoms with Gasteiger partial charge in [-0.3, -0.25) is 0 Å². The van der Waals surface area contributed by atoms with Gasteiger partial charge in [0.05, 0.1) is 0 Å². The van der Waals surface area contributed by atoms with E-state index in [4.69, 9.17) is 12.2 Å². The van der Waals surface area contributed by atoms with Gasteiger partial charge < -0.3 is 0 Å². The van der Waals surface area contributed by atoms with Gasteiger partial charge in [-0.25, -0.2) is 0 Å². The van der Waals surface area contributed by atoms with E-state index in [-0.39, 0.29) is 0 Å². The third-order valence-electron chi connectivity index (χ3n) is 0.774. The Bertz CT molecular complexity index is 235. The molecule has 1 aromatic rings. The largest absolute Gasteiger partial charge is 0.101 e. The third kappa shape index (κ3) is 5.03. The maximum Gasteiger partial charge on any atom is 0.101 e. The molecule has 1 aromatic heterocycles. The first-order chi connectivity index (χ1) is 5.39. The lowest BCUT2D eigenvalue weighted by molar-refractivity contribution is 1.85. The van der Waals surface area contributed by atoms with Crippen molar-refractivity contribution in [1.29, 1.82) is 0 Å². The van der Waals surface area contributed by atoms with E-state index in [0.717, 1.165) is 3.82 Å². The molecule has 5 heteroatoms. The van der Waals surface area contributed by atoms with Crippen molar-refractivity contribution in [3.63, 3.8) is 0 Å². The molecule has 0 amide bonds. The molecule has 0 unspecified atom stereocenters. The van der Waals surface area contributed by atoms with Gasteiger partial charge in [0.2, 0.25) is 0 Å². The van der Waals surface area contributed by atoms with Gasteiger partial charge in [-0.1, -0.05) is 60.6 Å². The van der Waals surface area contributed by atoms with E-state index in [2.05, 4.69) is 11.5 Å². The molecule has 0 nitrogen and oxygen atoms in total. The zero-order valence-corrected chi connectivity index (χ0v) is 9.64. The van der Waals surface area contributed by atoms with Crippen LogP contribution in [-0.2, 0) is 0 Å². The van der Waals surface area contributed by atoms with Gasteiger partial charge in [0.25, 0.3) is 0 Å². The predicted octanol–water partition coefficient (Wildman–Crippen LogP) is 4.43. The summed E-state index contributed by atoms with van der Waals surface area (Å²) in [5, 5.41) is 4.11. The fourth-order valence-corrected chi connectivity index (χ4v) is 3.80. The zero-order chi connectivity index (χ0) is 7.94. The van der Waals surface area contributed by atoms with Gasteiger partial charge in [-0.15, -0.1) is 0 Å². The first kappa shape index (κ1) is 9.80. The SMILES string of the molecule is C1=CSSC1.S=c1ccss1. The maximum atomic E-state index is 4.77. The summed E-state index contributed by atoms with van der Waals surface area (Å²) in [5.74, 6) is 1.20. The number of hydrogen-bond acceptors (Lipinski definition) is 5. The van der Waals surface area contributed by atoms with Crippen LogP contribution in [0.5, 0.6) is 0 Å². The van der Waals surface area contributed by atoms with E-state index >= 15 is 0 Å². The molecule has 2 heterocycles. The smallest absolute Gasteiger partial charge is 0.0872 e. The predicted molar refractivity (Wildman–Crippen MR) is 62.2 cm³/mol. The van der Waals surface area contributed by atoms with Crippen molar-refractivity contribution in [3.05, 3.63) is 26.8 Å². The van der Waals surface area contributed by atoms with Gasteiger partial charge in [-0.2, -0.15) is 0 Å². The average molecular weight is 238 g/mol. The van der Waals surface area contributed by atoms with Crippen molar-refractivity contribution < 1.29 is 0 Å². The van der Waals surface area contributed by atoms with Crippen molar-refractivity contribution in [2.75, 3.05) is 5.75 Å².